The molecule has 0 spiro atoms. The highest BCUT2D eigenvalue weighted by atomic mass is 35.5. The van der Waals surface area contributed by atoms with Crippen LogP contribution in [0, 0.1) is 5.82 Å². The molecule has 3 nitrogen and oxygen atoms in total. The Kier molecular flexibility index (Phi) is 3.97. The van der Waals surface area contributed by atoms with Crippen LogP contribution >= 0.6 is 11.6 Å². The molecule has 1 aliphatic rings. The van der Waals surface area contributed by atoms with Crippen molar-refractivity contribution >= 4 is 17.5 Å². The van der Waals surface area contributed by atoms with Gasteiger partial charge in [-0.05, 0) is 25.0 Å². The van der Waals surface area contributed by atoms with Crippen molar-refractivity contribution in [3.8, 4) is 0 Å². The fraction of sp³-hybridized carbons (Fsp3) is 0.417. The molecule has 1 saturated heterocycles. The van der Waals surface area contributed by atoms with Gasteiger partial charge in [0.25, 0.3) is 0 Å². The van der Waals surface area contributed by atoms with E-state index in [9.17, 15) is 9.18 Å². The van der Waals surface area contributed by atoms with E-state index in [4.69, 9.17) is 11.6 Å². The standard InChI is InChI=1S/C12H14ClFN2O/c13-9-3-1-4-10(14)8(9)7-16-11-5-2-6-15-12(11)17/h1,3-4,11,16H,2,5-7H2,(H,15,17). The number of hydrogen-bond acceptors (Lipinski definition) is 2. The number of rotatable bonds is 3. The molecule has 2 N–H and O–H groups in total. The Hall–Kier alpha value is -1.13. The van der Waals surface area contributed by atoms with Crippen LogP contribution in [-0.2, 0) is 11.3 Å². The monoisotopic (exact) mass is 256 g/mol. The number of carbonyl (C=O) groups is 1. The molecule has 1 aliphatic heterocycles. The van der Waals surface area contributed by atoms with E-state index in [1.165, 1.54) is 6.07 Å². The minimum atomic E-state index is -0.346. The van der Waals surface area contributed by atoms with E-state index in [0.717, 1.165) is 19.4 Å². The minimum Gasteiger partial charge on any atom is -0.355 e. The molecule has 1 fully saturated rings. The lowest BCUT2D eigenvalue weighted by atomic mass is 10.1. The number of hydrogen-bond donors (Lipinski definition) is 2. The third-order valence-corrected chi connectivity index (χ3v) is 3.23. The van der Waals surface area contributed by atoms with Gasteiger partial charge >= 0.3 is 0 Å². The number of benzene rings is 1. The molecule has 0 aromatic heterocycles. The summed E-state index contributed by atoms with van der Waals surface area (Å²) < 4.78 is 13.5. The highest BCUT2D eigenvalue weighted by Crippen LogP contribution is 2.19. The van der Waals surface area contributed by atoms with E-state index in [1.807, 2.05) is 0 Å². The van der Waals surface area contributed by atoms with Crippen molar-refractivity contribution in [1.29, 1.82) is 0 Å². The van der Waals surface area contributed by atoms with Crippen LogP contribution in [0.25, 0.3) is 0 Å². The lowest BCUT2D eigenvalue weighted by Gasteiger charge is -2.23. The van der Waals surface area contributed by atoms with Crippen LogP contribution in [0.1, 0.15) is 18.4 Å². The van der Waals surface area contributed by atoms with Gasteiger partial charge in [0.2, 0.25) is 5.91 Å². The summed E-state index contributed by atoms with van der Waals surface area (Å²) in [6.07, 6.45) is 1.71. The van der Waals surface area contributed by atoms with Crippen LogP contribution in [0.5, 0.6) is 0 Å². The van der Waals surface area contributed by atoms with Crippen LogP contribution in [0.3, 0.4) is 0 Å². The van der Waals surface area contributed by atoms with E-state index >= 15 is 0 Å². The fourth-order valence-corrected chi connectivity index (χ4v) is 2.12. The maximum Gasteiger partial charge on any atom is 0.237 e. The van der Waals surface area contributed by atoms with Crippen molar-refractivity contribution in [2.45, 2.75) is 25.4 Å². The molecular formula is C12H14ClFN2O. The number of nitrogens with one attached hydrogen (secondary N) is 2. The first-order chi connectivity index (χ1) is 8.18. The molecular weight excluding hydrogens is 243 g/mol. The molecule has 0 radical (unpaired) electrons. The van der Waals surface area contributed by atoms with Crippen molar-refractivity contribution in [2.24, 2.45) is 0 Å². The van der Waals surface area contributed by atoms with Crippen LogP contribution in [0.4, 0.5) is 4.39 Å². The zero-order chi connectivity index (χ0) is 12.3. The second kappa shape index (κ2) is 5.47. The molecule has 2 rings (SSSR count). The normalized spacial score (nSPS) is 20.1. The molecule has 1 heterocycles. The summed E-state index contributed by atoms with van der Waals surface area (Å²) >= 11 is 5.90. The molecule has 17 heavy (non-hydrogen) atoms. The highest BCUT2D eigenvalue weighted by molar-refractivity contribution is 6.31. The number of piperidine rings is 1. The summed E-state index contributed by atoms with van der Waals surface area (Å²) in [5.74, 6) is -0.370. The zero-order valence-electron chi connectivity index (χ0n) is 9.30. The molecule has 0 bridgehead atoms. The Balaban J connectivity index is 1.99. The third-order valence-electron chi connectivity index (χ3n) is 2.87. The molecule has 5 heteroatoms. The maximum absolute atomic E-state index is 13.5. The quantitative estimate of drug-likeness (QED) is 0.867. The molecule has 1 amide bonds. The molecule has 1 aromatic carbocycles. The predicted molar refractivity (Wildman–Crippen MR) is 64.3 cm³/mol. The summed E-state index contributed by atoms with van der Waals surface area (Å²) in [5, 5.41) is 6.19. The van der Waals surface area contributed by atoms with Crippen molar-refractivity contribution in [3.05, 3.63) is 34.6 Å². The summed E-state index contributed by atoms with van der Waals surface area (Å²) in [4.78, 5) is 11.5. The van der Waals surface area contributed by atoms with Gasteiger partial charge in [-0.25, -0.2) is 4.39 Å². The molecule has 92 valence electrons. The molecule has 0 saturated carbocycles. The second-order valence-corrected chi connectivity index (χ2v) is 4.47. The van der Waals surface area contributed by atoms with E-state index in [0.29, 0.717) is 10.6 Å². The topological polar surface area (TPSA) is 41.1 Å². The van der Waals surface area contributed by atoms with E-state index < -0.39 is 0 Å². The minimum absolute atomic E-state index is 0.0243. The Morgan fingerprint density at radius 1 is 1.53 bits per heavy atom. The van der Waals surface area contributed by atoms with E-state index in [1.54, 1.807) is 12.1 Å². The van der Waals surface area contributed by atoms with E-state index in [-0.39, 0.29) is 24.3 Å². The van der Waals surface area contributed by atoms with E-state index in [2.05, 4.69) is 10.6 Å². The first-order valence-corrected chi connectivity index (χ1v) is 6.00. The lowest BCUT2D eigenvalue weighted by Crippen LogP contribution is -2.48. The van der Waals surface area contributed by atoms with Gasteiger partial charge in [-0.2, -0.15) is 0 Å². The van der Waals surface area contributed by atoms with Crippen molar-refractivity contribution in [1.82, 2.24) is 10.6 Å². The Morgan fingerprint density at radius 3 is 3.06 bits per heavy atom. The zero-order valence-corrected chi connectivity index (χ0v) is 10.1. The summed E-state index contributed by atoms with van der Waals surface area (Å²) in [6.45, 7) is 0.987. The van der Waals surface area contributed by atoms with Crippen LogP contribution in [0.15, 0.2) is 18.2 Å². The van der Waals surface area contributed by atoms with Gasteiger partial charge in [-0.3, -0.25) is 4.79 Å². The Labute approximate surface area is 104 Å². The van der Waals surface area contributed by atoms with Gasteiger partial charge in [-0.15, -0.1) is 0 Å². The van der Waals surface area contributed by atoms with Gasteiger partial charge in [0.1, 0.15) is 5.82 Å². The number of amides is 1. The SMILES string of the molecule is O=C1NCCCC1NCc1c(F)cccc1Cl. The van der Waals surface area contributed by atoms with Gasteiger partial charge in [-0.1, -0.05) is 17.7 Å². The molecule has 0 aliphatic carbocycles. The van der Waals surface area contributed by atoms with Gasteiger partial charge in [0.05, 0.1) is 6.04 Å². The van der Waals surface area contributed by atoms with Crippen LogP contribution < -0.4 is 10.6 Å². The molecule has 1 unspecified atom stereocenters. The molecule has 1 atom stereocenters. The fourth-order valence-electron chi connectivity index (χ4n) is 1.89. The van der Waals surface area contributed by atoms with Crippen molar-refractivity contribution in [3.63, 3.8) is 0 Å². The Bertz CT molecular complexity index is 405. The predicted octanol–water partition coefficient (Wildman–Crippen LogP) is 1.85. The van der Waals surface area contributed by atoms with Gasteiger partial charge in [0, 0.05) is 23.7 Å². The second-order valence-electron chi connectivity index (χ2n) is 4.07. The lowest BCUT2D eigenvalue weighted by molar-refractivity contribution is -0.124. The average Bonchev–Trinajstić information content (AvgIpc) is 2.30. The largest absolute Gasteiger partial charge is 0.355 e. The number of carbonyl (C=O) groups excluding carboxylic acids is 1. The average molecular weight is 257 g/mol. The smallest absolute Gasteiger partial charge is 0.237 e. The first kappa shape index (κ1) is 12.3. The molecule has 1 aromatic rings. The van der Waals surface area contributed by atoms with Crippen LogP contribution in [-0.4, -0.2) is 18.5 Å². The maximum atomic E-state index is 13.5. The van der Waals surface area contributed by atoms with Gasteiger partial charge < -0.3 is 10.6 Å². The summed E-state index contributed by atoms with van der Waals surface area (Å²) in [6, 6.07) is 4.32. The van der Waals surface area contributed by atoms with Crippen LogP contribution in [0.2, 0.25) is 5.02 Å². The summed E-state index contributed by atoms with van der Waals surface area (Å²) in [5.41, 5.74) is 0.410. The van der Waals surface area contributed by atoms with Crippen molar-refractivity contribution < 1.29 is 9.18 Å². The Morgan fingerprint density at radius 2 is 2.35 bits per heavy atom. The van der Waals surface area contributed by atoms with Crippen molar-refractivity contribution in [2.75, 3.05) is 6.54 Å². The third kappa shape index (κ3) is 2.96. The first-order valence-electron chi connectivity index (χ1n) is 5.62. The number of halogens is 2. The van der Waals surface area contributed by atoms with Gasteiger partial charge in [0.15, 0.2) is 0 Å². The summed E-state index contributed by atoms with van der Waals surface area (Å²) in [7, 11) is 0. The highest BCUT2D eigenvalue weighted by Gasteiger charge is 2.21.